The zero-order chi connectivity index (χ0) is 13.7. The van der Waals surface area contributed by atoms with Crippen molar-refractivity contribution in [2.24, 2.45) is 0 Å². The molecule has 1 amide bonds. The molecule has 3 nitrogen and oxygen atoms in total. The monoisotopic (exact) mass is 297 g/mol. The van der Waals surface area contributed by atoms with Crippen molar-refractivity contribution < 1.29 is 9.90 Å². The average Bonchev–Trinajstić information content (AvgIpc) is 2.61. The van der Waals surface area contributed by atoms with Crippen molar-refractivity contribution in [3.8, 4) is 0 Å². The molecule has 0 spiro atoms. The summed E-state index contributed by atoms with van der Waals surface area (Å²) in [5, 5.41) is 13.3. The van der Waals surface area contributed by atoms with Crippen LogP contribution in [0.15, 0.2) is 24.3 Å². The number of amides is 1. The van der Waals surface area contributed by atoms with Gasteiger partial charge in [0.05, 0.1) is 5.60 Å². The number of hydrogen-bond acceptors (Lipinski definition) is 4. The molecule has 0 bridgehead atoms. The molecule has 5 heteroatoms. The molecule has 1 saturated heterocycles. The molecule has 1 aliphatic heterocycles. The van der Waals surface area contributed by atoms with Crippen LogP contribution in [-0.2, 0) is 0 Å². The summed E-state index contributed by atoms with van der Waals surface area (Å²) in [6.45, 7) is 2.28. The van der Waals surface area contributed by atoms with E-state index in [1.165, 1.54) is 0 Å². The molecule has 0 aromatic heterocycles. The van der Waals surface area contributed by atoms with Crippen LogP contribution in [0.2, 0.25) is 0 Å². The summed E-state index contributed by atoms with van der Waals surface area (Å²) >= 11 is 3.50. The predicted octanol–water partition coefficient (Wildman–Crippen LogP) is 1.94. The zero-order valence-corrected chi connectivity index (χ0v) is 12.6. The molecule has 1 aromatic rings. The third kappa shape index (κ3) is 4.44. The number of hydrogen-bond donors (Lipinski definition) is 2. The Labute approximate surface area is 122 Å². The minimum Gasteiger partial charge on any atom is -0.386 e. The van der Waals surface area contributed by atoms with E-state index in [4.69, 9.17) is 0 Å². The summed E-state index contributed by atoms with van der Waals surface area (Å²) < 4.78 is 0. The molecule has 1 heterocycles. The molecule has 104 valence electrons. The van der Waals surface area contributed by atoms with Crippen LogP contribution in [0.4, 0.5) is 0 Å². The van der Waals surface area contributed by atoms with Crippen LogP contribution in [0.5, 0.6) is 0 Å². The number of thioether (sulfide) groups is 2. The Morgan fingerprint density at radius 1 is 1.37 bits per heavy atom. The Bertz CT molecular complexity index is 443. The van der Waals surface area contributed by atoms with E-state index in [1.807, 2.05) is 25.1 Å². The fourth-order valence-electron chi connectivity index (χ4n) is 1.92. The van der Waals surface area contributed by atoms with Crippen molar-refractivity contribution in [1.29, 1.82) is 0 Å². The third-order valence-corrected chi connectivity index (χ3v) is 5.70. The Hall–Kier alpha value is -0.650. The lowest BCUT2D eigenvalue weighted by molar-refractivity contribution is 0.0753. The number of aliphatic hydroxyl groups is 1. The van der Waals surface area contributed by atoms with Crippen LogP contribution in [0, 0.1) is 6.92 Å². The molecule has 1 aliphatic rings. The molecule has 0 radical (unpaired) electrons. The van der Waals surface area contributed by atoms with Gasteiger partial charge in [0, 0.05) is 35.1 Å². The molecule has 0 saturated carbocycles. The van der Waals surface area contributed by atoms with Gasteiger partial charge in [-0.15, -0.1) is 0 Å². The van der Waals surface area contributed by atoms with Gasteiger partial charge in [-0.2, -0.15) is 23.5 Å². The normalized spacial score (nSPS) is 18.6. The number of carbonyl (C=O) groups is 1. The minimum absolute atomic E-state index is 0.114. The minimum atomic E-state index is -0.786. The molecule has 1 aromatic carbocycles. The summed E-state index contributed by atoms with van der Waals surface area (Å²) in [5.74, 6) is 3.40. The highest BCUT2D eigenvalue weighted by atomic mass is 32.2. The number of benzene rings is 1. The van der Waals surface area contributed by atoms with E-state index in [-0.39, 0.29) is 5.91 Å². The first-order valence-corrected chi connectivity index (χ1v) is 8.63. The summed E-state index contributed by atoms with van der Waals surface area (Å²) in [7, 11) is 0. The van der Waals surface area contributed by atoms with Crippen molar-refractivity contribution in [2.45, 2.75) is 12.5 Å². The fraction of sp³-hybridized carbons (Fsp3) is 0.500. The highest BCUT2D eigenvalue weighted by Crippen LogP contribution is 2.24. The van der Waals surface area contributed by atoms with Crippen molar-refractivity contribution >= 4 is 29.4 Å². The Morgan fingerprint density at radius 2 is 2.05 bits per heavy atom. The largest absolute Gasteiger partial charge is 0.386 e. The summed E-state index contributed by atoms with van der Waals surface area (Å²) in [6, 6.07) is 7.48. The maximum absolute atomic E-state index is 12.0. The number of nitrogens with one attached hydrogen (secondary N) is 1. The van der Waals surface area contributed by atoms with Gasteiger partial charge in [0.25, 0.3) is 5.91 Å². The van der Waals surface area contributed by atoms with Gasteiger partial charge in [-0.05, 0) is 19.1 Å². The molecule has 0 unspecified atom stereocenters. The molecule has 19 heavy (non-hydrogen) atoms. The second-order valence-electron chi connectivity index (χ2n) is 4.88. The third-order valence-electron chi connectivity index (χ3n) is 2.97. The topological polar surface area (TPSA) is 49.3 Å². The first-order chi connectivity index (χ1) is 9.09. The second-order valence-corrected chi connectivity index (χ2v) is 7.09. The van der Waals surface area contributed by atoms with Gasteiger partial charge in [-0.25, -0.2) is 0 Å². The van der Waals surface area contributed by atoms with Crippen LogP contribution in [-0.4, -0.2) is 46.2 Å². The number of aryl methyl sites for hydroxylation is 1. The van der Waals surface area contributed by atoms with E-state index >= 15 is 0 Å². The zero-order valence-electron chi connectivity index (χ0n) is 11.0. The molecule has 1 fully saturated rings. The fourth-order valence-corrected chi connectivity index (χ4v) is 4.45. The number of rotatable bonds is 3. The molecule has 0 aliphatic carbocycles. The molecule has 2 N–H and O–H groups in total. The van der Waals surface area contributed by atoms with Gasteiger partial charge in [0.15, 0.2) is 0 Å². The van der Waals surface area contributed by atoms with Gasteiger partial charge in [-0.1, -0.05) is 17.7 Å². The summed E-state index contributed by atoms with van der Waals surface area (Å²) in [6.07, 6.45) is 0. The van der Waals surface area contributed by atoms with Gasteiger partial charge in [0.2, 0.25) is 0 Å². The first-order valence-electron chi connectivity index (χ1n) is 6.32. The van der Waals surface area contributed by atoms with Gasteiger partial charge in [-0.3, -0.25) is 4.79 Å². The van der Waals surface area contributed by atoms with E-state index < -0.39 is 5.60 Å². The predicted molar refractivity (Wildman–Crippen MR) is 83.1 cm³/mol. The SMILES string of the molecule is Cc1cccc(C(=O)NCC2(O)CSCCSC2)c1. The van der Waals surface area contributed by atoms with E-state index in [1.54, 1.807) is 29.6 Å². The standard InChI is InChI=1S/C14H19NO2S2/c1-11-3-2-4-12(7-11)13(16)15-8-14(17)9-18-5-6-19-10-14/h2-4,7,17H,5-6,8-10H2,1H3,(H,15,16). The van der Waals surface area contributed by atoms with E-state index in [9.17, 15) is 9.90 Å². The van der Waals surface area contributed by atoms with Crippen molar-refractivity contribution in [3.05, 3.63) is 35.4 Å². The van der Waals surface area contributed by atoms with Gasteiger partial charge < -0.3 is 10.4 Å². The van der Waals surface area contributed by atoms with E-state index in [2.05, 4.69) is 5.32 Å². The van der Waals surface area contributed by atoms with Crippen molar-refractivity contribution in [1.82, 2.24) is 5.32 Å². The molecular weight excluding hydrogens is 278 g/mol. The maximum Gasteiger partial charge on any atom is 0.251 e. The lowest BCUT2D eigenvalue weighted by atomic mass is 10.1. The summed E-state index contributed by atoms with van der Waals surface area (Å²) in [5.41, 5.74) is 0.926. The molecule has 0 atom stereocenters. The van der Waals surface area contributed by atoms with Crippen LogP contribution in [0.3, 0.4) is 0 Å². The highest BCUT2D eigenvalue weighted by molar-refractivity contribution is 8.03. The quantitative estimate of drug-likeness (QED) is 0.895. The Kier molecular flexibility index (Phi) is 5.19. The first kappa shape index (κ1) is 14.8. The van der Waals surface area contributed by atoms with Gasteiger partial charge in [0.1, 0.15) is 0 Å². The van der Waals surface area contributed by atoms with Gasteiger partial charge >= 0.3 is 0 Å². The lowest BCUT2D eigenvalue weighted by Gasteiger charge is -2.25. The number of carbonyl (C=O) groups excluding carboxylic acids is 1. The second kappa shape index (κ2) is 6.68. The smallest absolute Gasteiger partial charge is 0.251 e. The highest BCUT2D eigenvalue weighted by Gasteiger charge is 2.29. The average molecular weight is 297 g/mol. The molecule has 2 rings (SSSR count). The Balaban J connectivity index is 1.92. The van der Waals surface area contributed by atoms with Crippen molar-refractivity contribution in [2.75, 3.05) is 29.6 Å². The maximum atomic E-state index is 12.0. The van der Waals surface area contributed by atoms with Crippen LogP contribution >= 0.6 is 23.5 Å². The van der Waals surface area contributed by atoms with E-state index in [0.29, 0.717) is 23.6 Å². The molecular formula is C14H19NO2S2. The van der Waals surface area contributed by atoms with Crippen molar-refractivity contribution in [3.63, 3.8) is 0 Å². The van der Waals surface area contributed by atoms with Crippen LogP contribution in [0.25, 0.3) is 0 Å². The lowest BCUT2D eigenvalue weighted by Crippen LogP contribution is -2.46. The van der Waals surface area contributed by atoms with Crippen LogP contribution < -0.4 is 5.32 Å². The van der Waals surface area contributed by atoms with E-state index in [0.717, 1.165) is 17.1 Å². The van der Waals surface area contributed by atoms with Crippen LogP contribution in [0.1, 0.15) is 15.9 Å². The Morgan fingerprint density at radius 3 is 2.68 bits per heavy atom. The summed E-state index contributed by atoms with van der Waals surface area (Å²) in [4.78, 5) is 12.0.